The van der Waals surface area contributed by atoms with Gasteiger partial charge in [-0.25, -0.2) is 15.0 Å². The standard InChI is InChI=1S/C24H25N7O3/c1-14-12-31(13-15(2)34-14)20-5-4-17(9-27-20)28-23-22-16(6-7-26-24(22)32)8-18(30-23)19-10-25-11-21(29-19)33-3/h4-11,14-15H,12-13H2,1-3H3,(H,26,32)(H,28,30)/t14-,15+. The lowest BCUT2D eigenvalue weighted by Gasteiger charge is -2.36. The fraction of sp³-hybridized carbons (Fsp3) is 0.292. The van der Waals surface area contributed by atoms with Crippen molar-refractivity contribution in [3.63, 3.8) is 0 Å². The number of hydrogen-bond donors (Lipinski definition) is 2. The molecule has 1 saturated heterocycles. The van der Waals surface area contributed by atoms with E-state index < -0.39 is 0 Å². The van der Waals surface area contributed by atoms with Crippen LogP contribution in [0.2, 0.25) is 0 Å². The molecule has 2 N–H and O–H groups in total. The number of hydrogen-bond acceptors (Lipinski definition) is 9. The van der Waals surface area contributed by atoms with Crippen molar-refractivity contribution < 1.29 is 9.47 Å². The second kappa shape index (κ2) is 9.06. The van der Waals surface area contributed by atoms with Crippen LogP contribution in [0.5, 0.6) is 5.88 Å². The number of morpholine rings is 1. The Morgan fingerprint density at radius 3 is 2.65 bits per heavy atom. The van der Waals surface area contributed by atoms with Gasteiger partial charge in [-0.2, -0.15) is 0 Å². The smallest absolute Gasteiger partial charge is 0.259 e. The number of pyridine rings is 3. The molecule has 4 aromatic heterocycles. The van der Waals surface area contributed by atoms with E-state index >= 15 is 0 Å². The zero-order valence-corrected chi connectivity index (χ0v) is 19.1. The molecule has 4 aromatic rings. The summed E-state index contributed by atoms with van der Waals surface area (Å²) in [6, 6.07) is 7.51. The summed E-state index contributed by atoms with van der Waals surface area (Å²) >= 11 is 0. The van der Waals surface area contributed by atoms with Crippen molar-refractivity contribution in [3.05, 3.63) is 59.4 Å². The monoisotopic (exact) mass is 459 g/mol. The van der Waals surface area contributed by atoms with E-state index in [9.17, 15) is 4.79 Å². The second-order valence-corrected chi connectivity index (χ2v) is 8.27. The fourth-order valence-corrected chi connectivity index (χ4v) is 4.15. The molecule has 10 heteroatoms. The van der Waals surface area contributed by atoms with E-state index in [1.165, 1.54) is 13.3 Å². The van der Waals surface area contributed by atoms with Crippen molar-refractivity contribution in [1.29, 1.82) is 0 Å². The molecular weight excluding hydrogens is 434 g/mol. The number of aromatic amines is 1. The Kier molecular flexibility index (Phi) is 5.81. The third kappa shape index (κ3) is 4.40. The summed E-state index contributed by atoms with van der Waals surface area (Å²) in [6.45, 7) is 5.70. The van der Waals surface area contributed by atoms with Crippen LogP contribution in [-0.2, 0) is 4.74 Å². The molecule has 0 radical (unpaired) electrons. The van der Waals surface area contributed by atoms with Crippen LogP contribution in [0.3, 0.4) is 0 Å². The molecule has 0 unspecified atom stereocenters. The first-order valence-corrected chi connectivity index (χ1v) is 11.0. The summed E-state index contributed by atoms with van der Waals surface area (Å²) in [6.07, 6.45) is 6.77. The van der Waals surface area contributed by atoms with Crippen LogP contribution in [0.25, 0.3) is 22.2 Å². The van der Waals surface area contributed by atoms with Crippen molar-refractivity contribution in [2.75, 3.05) is 30.4 Å². The van der Waals surface area contributed by atoms with Gasteiger partial charge >= 0.3 is 0 Å². The molecule has 10 nitrogen and oxygen atoms in total. The van der Waals surface area contributed by atoms with Crippen LogP contribution in [0.4, 0.5) is 17.3 Å². The summed E-state index contributed by atoms with van der Waals surface area (Å²) in [4.78, 5) is 35.5. The molecule has 0 bridgehead atoms. The van der Waals surface area contributed by atoms with Gasteiger partial charge in [0, 0.05) is 19.3 Å². The molecule has 0 amide bonds. The van der Waals surface area contributed by atoms with Crippen LogP contribution >= 0.6 is 0 Å². The SMILES string of the molecule is COc1cncc(-c2cc3cc[nH]c(=O)c3c(Nc3ccc(N4C[C@@H](C)O[C@@H](C)C4)nc3)n2)n1. The minimum absolute atomic E-state index is 0.146. The first kappa shape index (κ1) is 21.8. The zero-order chi connectivity index (χ0) is 23.7. The number of aromatic nitrogens is 5. The average molecular weight is 460 g/mol. The molecule has 1 aliphatic rings. The molecule has 0 saturated carbocycles. The molecule has 34 heavy (non-hydrogen) atoms. The van der Waals surface area contributed by atoms with Gasteiger partial charge in [-0.3, -0.25) is 9.78 Å². The Balaban J connectivity index is 1.50. The molecule has 0 aromatic carbocycles. The van der Waals surface area contributed by atoms with Gasteiger partial charge in [0.25, 0.3) is 5.56 Å². The Hall–Kier alpha value is -4.05. The largest absolute Gasteiger partial charge is 0.480 e. The Labute approximate surface area is 196 Å². The molecule has 1 fully saturated rings. The summed E-state index contributed by atoms with van der Waals surface area (Å²) < 4.78 is 11.0. The topological polar surface area (TPSA) is 118 Å². The maximum Gasteiger partial charge on any atom is 0.259 e. The van der Waals surface area contributed by atoms with E-state index in [4.69, 9.17) is 14.5 Å². The lowest BCUT2D eigenvalue weighted by Crippen LogP contribution is -2.45. The number of ether oxygens (including phenoxy) is 2. The Morgan fingerprint density at radius 1 is 1.09 bits per heavy atom. The second-order valence-electron chi connectivity index (χ2n) is 8.27. The fourth-order valence-electron chi connectivity index (χ4n) is 4.15. The van der Waals surface area contributed by atoms with Crippen LogP contribution in [0.15, 0.2) is 53.8 Å². The van der Waals surface area contributed by atoms with Crippen LogP contribution in [0, 0.1) is 0 Å². The maximum atomic E-state index is 12.6. The van der Waals surface area contributed by atoms with Crippen molar-refractivity contribution in [1.82, 2.24) is 24.9 Å². The van der Waals surface area contributed by atoms with Gasteiger partial charge < -0.3 is 24.7 Å². The number of methoxy groups -OCH3 is 1. The first-order valence-electron chi connectivity index (χ1n) is 11.0. The lowest BCUT2D eigenvalue weighted by molar-refractivity contribution is -0.00545. The van der Waals surface area contributed by atoms with E-state index in [-0.39, 0.29) is 17.8 Å². The summed E-state index contributed by atoms with van der Waals surface area (Å²) in [7, 11) is 1.53. The lowest BCUT2D eigenvalue weighted by atomic mass is 10.1. The highest BCUT2D eigenvalue weighted by molar-refractivity contribution is 5.94. The molecule has 0 spiro atoms. The van der Waals surface area contributed by atoms with Crippen LogP contribution < -0.4 is 20.5 Å². The van der Waals surface area contributed by atoms with E-state index in [0.29, 0.717) is 34.2 Å². The van der Waals surface area contributed by atoms with Crippen molar-refractivity contribution >= 4 is 28.1 Å². The predicted octanol–water partition coefficient (Wildman–Crippen LogP) is 3.14. The minimum Gasteiger partial charge on any atom is -0.480 e. The molecular formula is C24H25N7O3. The molecule has 5 heterocycles. The van der Waals surface area contributed by atoms with Gasteiger partial charge in [-0.15, -0.1) is 0 Å². The highest BCUT2D eigenvalue weighted by Gasteiger charge is 2.23. The van der Waals surface area contributed by atoms with Gasteiger partial charge in [-0.05, 0) is 43.5 Å². The van der Waals surface area contributed by atoms with Crippen molar-refractivity contribution in [2.45, 2.75) is 26.1 Å². The summed E-state index contributed by atoms with van der Waals surface area (Å²) in [5.41, 5.74) is 1.57. The van der Waals surface area contributed by atoms with Gasteiger partial charge in [-0.1, -0.05) is 0 Å². The van der Waals surface area contributed by atoms with E-state index in [0.717, 1.165) is 24.3 Å². The summed E-state index contributed by atoms with van der Waals surface area (Å²) in [5.74, 6) is 1.66. The van der Waals surface area contributed by atoms with Crippen molar-refractivity contribution in [2.24, 2.45) is 0 Å². The maximum absolute atomic E-state index is 12.6. The van der Waals surface area contributed by atoms with E-state index in [1.54, 1.807) is 24.7 Å². The number of H-pyrrole nitrogens is 1. The van der Waals surface area contributed by atoms with Crippen molar-refractivity contribution in [3.8, 4) is 17.3 Å². The number of fused-ring (bicyclic) bond motifs is 1. The van der Waals surface area contributed by atoms with Gasteiger partial charge in [0.2, 0.25) is 5.88 Å². The molecule has 2 atom stereocenters. The number of nitrogens with zero attached hydrogens (tertiary/aromatic N) is 5. The van der Waals surface area contributed by atoms with Gasteiger partial charge in [0.15, 0.2) is 0 Å². The Bertz CT molecular complexity index is 1360. The molecule has 174 valence electrons. The normalized spacial score (nSPS) is 18.1. The average Bonchev–Trinajstić information content (AvgIpc) is 2.84. The molecule has 5 rings (SSSR count). The highest BCUT2D eigenvalue weighted by atomic mass is 16.5. The quantitative estimate of drug-likeness (QED) is 0.464. The minimum atomic E-state index is -0.239. The zero-order valence-electron chi connectivity index (χ0n) is 19.1. The Morgan fingerprint density at radius 2 is 1.91 bits per heavy atom. The number of rotatable bonds is 5. The number of anilines is 3. The third-order valence-corrected chi connectivity index (χ3v) is 5.59. The first-order chi connectivity index (χ1) is 16.5. The van der Waals surface area contributed by atoms with Crippen LogP contribution in [0.1, 0.15) is 13.8 Å². The predicted molar refractivity (Wildman–Crippen MR) is 130 cm³/mol. The molecule has 0 aliphatic carbocycles. The molecule has 1 aliphatic heterocycles. The van der Waals surface area contributed by atoms with E-state index in [1.807, 2.05) is 18.2 Å². The summed E-state index contributed by atoms with van der Waals surface area (Å²) in [5, 5.41) is 4.43. The van der Waals surface area contributed by atoms with E-state index in [2.05, 4.69) is 44.0 Å². The number of nitrogens with one attached hydrogen (secondary N) is 2. The van der Waals surface area contributed by atoms with Gasteiger partial charge in [0.1, 0.15) is 17.3 Å². The highest BCUT2D eigenvalue weighted by Crippen LogP contribution is 2.28. The third-order valence-electron chi connectivity index (χ3n) is 5.59. The van der Waals surface area contributed by atoms with Crippen LogP contribution in [-0.4, -0.2) is 57.3 Å². The van der Waals surface area contributed by atoms with Gasteiger partial charge in [0.05, 0.1) is 54.7 Å².